The fourth-order valence-electron chi connectivity index (χ4n) is 4.29. The number of amides is 1. The van der Waals surface area contributed by atoms with Crippen LogP contribution in [-0.4, -0.2) is 54.1 Å². The van der Waals surface area contributed by atoms with Crippen molar-refractivity contribution in [1.82, 2.24) is 14.9 Å². The average Bonchev–Trinajstić information content (AvgIpc) is 3.25. The highest BCUT2D eigenvalue weighted by Gasteiger charge is 2.26. The maximum Gasteiger partial charge on any atom is 0.265 e. The van der Waals surface area contributed by atoms with Crippen LogP contribution in [0.5, 0.6) is 5.75 Å². The van der Waals surface area contributed by atoms with Gasteiger partial charge in [0.05, 0.1) is 12.8 Å². The molecule has 1 amide bonds. The Hall–Kier alpha value is -3.52. The third-order valence-electron chi connectivity index (χ3n) is 6.19. The van der Waals surface area contributed by atoms with Crippen molar-refractivity contribution in [2.75, 3.05) is 38.2 Å². The number of para-hydroxylation sites is 1. The summed E-state index contributed by atoms with van der Waals surface area (Å²) >= 11 is 1.36. The van der Waals surface area contributed by atoms with E-state index in [1.54, 1.807) is 19.2 Å². The third kappa shape index (κ3) is 4.09. The molecular weight excluding hydrogens is 451 g/mol. The molecule has 8 heteroatoms. The largest absolute Gasteiger partial charge is 0.494 e. The molecule has 0 aliphatic carbocycles. The molecule has 2 aromatic heterocycles. The molecule has 1 aliphatic heterocycles. The first-order valence-corrected chi connectivity index (χ1v) is 12.0. The summed E-state index contributed by atoms with van der Waals surface area (Å²) in [6, 6.07) is 14.2. The van der Waals surface area contributed by atoms with Crippen LogP contribution in [-0.2, 0) is 0 Å². The molecule has 0 atom stereocenters. The molecule has 2 aromatic carbocycles. The zero-order valence-electron chi connectivity index (χ0n) is 19.3. The minimum Gasteiger partial charge on any atom is -0.494 e. The number of aryl methyl sites for hydroxylation is 2. The Balaban J connectivity index is 1.32. The van der Waals surface area contributed by atoms with Crippen LogP contribution in [0.1, 0.15) is 20.9 Å². The molecule has 3 heterocycles. The number of thiazole rings is 1. The number of hydrogen-bond donors (Lipinski definition) is 0. The van der Waals surface area contributed by atoms with Crippen LogP contribution < -0.4 is 9.64 Å². The maximum absolute atomic E-state index is 13.3. The topological polar surface area (TPSA) is 58.6 Å². The number of nitrogens with zero attached hydrogens (tertiary/aromatic N) is 4. The number of aromatic nitrogens is 2. The van der Waals surface area contributed by atoms with Crippen molar-refractivity contribution in [3.63, 3.8) is 0 Å². The van der Waals surface area contributed by atoms with Crippen LogP contribution in [0.3, 0.4) is 0 Å². The van der Waals surface area contributed by atoms with Crippen molar-refractivity contribution in [3.05, 3.63) is 70.5 Å². The second kappa shape index (κ2) is 9.02. The van der Waals surface area contributed by atoms with Crippen LogP contribution in [0.15, 0.2) is 48.5 Å². The van der Waals surface area contributed by atoms with Gasteiger partial charge in [-0.1, -0.05) is 12.1 Å². The van der Waals surface area contributed by atoms with E-state index in [0.29, 0.717) is 36.8 Å². The van der Waals surface area contributed by atoms with Gasteiger partial charge in [0.1, 0.15) is 32.8 Å². The minimum absolute atomic E-state index is 0.00710. The quantitative estimate of drug-likeness (QED) is 0.411. The molecule has 0 bridgehead atoms. The van der Waals surface area contributed by atoms with Crippen molar-refractivity contribution in [2.45, 2.75) is 13.8 Å². The van der Waals surface area contributed by atoms with Gasteiger partial charge in [0.2, 0.25) is 0 Å². The number of pyridine rings is 1. The van der Waals surface area contributed by atoms with E-state index in [4.69, 9.17) is 9.72 Å². The molecule has 4 aromatic rings. The number of rotatable bonds is 4. The summed E-state index contributed by atoms with van der Waals surface area (Å²) in [4.78, 5) is 27.4. The number of piperazine rings is 1. The average molecular weight is 477 g/mol. The van der Waals surface area contributed by atoms with Gasteiger partial charge in [0.25, 0.3) is 5.91 Å². The van der Waals surface area contributed by atoms with Gasteiger partial charge in [-0.3, -0.25) is 4.79 Å². The number of benzene rings is 2. The van der Waals surface area contributed by atoms with E-state index in [9.17, 15) is 9.18 Å². The number of carbonyl (C=O) groups is 1. The number of halogens is 1. The van der Waals surface area contributed by atoms with E-state index in [1.807, 2.05) is 24.0 Å². The van der Waals surface area contributed by atoms with E-state index < -0.39 is 0 Å². The molecule has 0 radical (unpaired) electrons. The summed E-state index contributed by atoms with van der Waals surface area (Å²) < 4.78 is 18.8. The van der Waals surface area contributed by atoms with E-state index >= 15 is 0 Å². The molecule has 0 saturated carbocycles. The number of anilines is 1. The van der Waals surface area contributed by atoms with Gasteiger partial charge < -0.3 is 14.5 Å². The van der Waals surface area contributed by atoms with Crippen molar-refractivity contribution < 1.29 is 13.9 Å². The van der Waals surface area contributed by atoms with E-state index in [2.05, 4.69) is 28.9 Å². The third-order valence-corrected chi connectivity index (χ3v) is 7.38. The van der Waals surface area contributed by atoms with E-state index in [1.165, 1.54) is 23.5 Å². The highest BCUT2D eigenvalue weighted by Crippen LogP contribution is 2.31. The molecular formula is C26H25FN4O2S. The second-order valence-electron chi connectivity index (χ2n) is 8.37. The van der Waals surface area contributed by atoms with Gasteiger partial charge in [-0.25, -0.2) is 14.4 Å². The molecule has 6 nitrogen and oxygen atoms in total. The Morgan fingerprint density at radius 3 is 2.47 bits per heavy atom. The molecule has 5 rings (SSSR count). The number of carbonyl (C=O) groups excluding carboxylic acids is 1. The van der Waals surface area contributed by atoms with Crippen molar-refractivity contribution >= 4 is 34.0 Å². The number of ether oxygens (including phenoxy) is 1. The summed E-state index contributed by atoms with van der Waals surface area (Å²) in [5, 5.41) is 1.80. The lowest BCUT2D eigenvalue weighted by Gasteiger charge is -2.35. The summed E-state index contributed by atoms with van der Waals surface area (Å²) in [6.07, 6.45) is 0. The Morgan fingerprint density at radius 1 is 1.03 bits per heavy atom. The highest BCUT2D eigenvalue weighted by molar-refractivity contribution is 7.17. The maximum atomic E-state index is 13.3. The lowest BCUT2D eigenvalue weighted by atomic mass is 10.1. The normalized spacial score (nSPS) is 14.0. The first kappa shape index (κ1) is 22.3. The van der Waals surface area contributed by atoms with Crippen LogP contribution in [0.2, 0.25) is 0 Å². The molecule has 1 saturated heterocycles. The highest BCUT2D eigenvalue weighted by atomic mass is 32.1. The number of methoxy groups -OCH3 is 1. The lowest BCUT2D eigenvalue weighted by Crippen LogP contribution is -2.49. The summed E-state index contributed by atoms with van der Waals surface area (Å²) in [5.41, 5.74) is 3.51. The van der Waals surface area contributed by atoms with Crippen molar-refractivity contribution in [2.24, 2.45) is 0 Å². The molecule has 174 valence electrons. The molecule has 1 aliphatic rings. The first-order chi connectivity index (χ1) is 16.4. The summed E-state index contributed by atoms with van der Waals surface area (Å²) in [5.74, 6) is 1.36. The van der Waals surface area contributed by atoms with Crippen LogP contribution >= 0.6 is 11.3 Å². The second-order valence-corrected chi connectivity index (χ2v) is 9.37. The fraction of sp³-hybridized carbons (Fsp3) is 0.269. The monoisotopic (exact) mass is 476 g/mol. The van der Waals surface area contributed by atoms with Gasteiger partial charge in [-0.05, 0) is 55.8 Å². The van der Waals surface area contributed by atoms with E-state index in [0.717, 1.165) is 38.6 Å². The van der Waals surface area contributed by atoms with Crippen molar-refractivity contribution in [3.8, 4) is 16.3 Å². The molecule has 0 N–H and O–H groups in total. The number of fused-ring (bicyclic) bond motifs is 1. The van der Waals surface area contributed by atoms with E-state index in [-0.39, 0.29) is 11.7 Å². The van der Waals surface area contributed by atoms with Gasteiger partial charge >= 0.3 is 0 Å². The summed E-state index contributed by atoms with van der Waals surface area (Å²) in [7, 11) is 1.66. The summed E-state index contributed by atoms with van der Waals surface area (Å²) in [6.45, 7) is 6.53. The predicted molar refractivity (Wildman–Crippen MR) is 133 cm³/mol. The van der Waals surface area contributed by atoms with Crippen LogP contribution in [0, 0.1) is 19.7 Å². The first-order valence-electron chi connectivity index (χ1n) is 11.2. The van der Waals surface area contributed by atoms with Crippen molar-refractivity contribution in [1.29, 1.82) is 0 Å². The Labute approximate surface area is 201 Å². The SMILES string of the molecule is COc1cccc2c(C)cc(N3CCN(C(=O)c4sc(-c5ccc(F)cc5)nc4C)CC3)nc12. The van der Waals surface area contributed by atoms with Gasteiger partial charge in [0, 0.05) is 37.1 Å². The standard InChI is InChI=1S/C26H25FN4O2S/c1-16-15-22(29-23-20(16)5-4-6-21(23)33-3)30-11-13-31(14-12-30)26(32)24-17(2)28-25(34-24)18-7-9-19(27)10-8-18/h4-10,15H,11-14H2,1-3H3. The fourth-order valence-corrected chi connectivity index (χ4v) is 5.33. The minimum atomic E-state index is -0.291. The Kier molecular flexibility index (Phi) is 5.91. The molecule has 0 unspecified atom stereocenters. The lowest BCUT2D eigenvalue weighted by molar-refractivity contribution is 0.0750. The number of hydrogen-bond acceptors (Lipinski definition) is 6. The molecule has 0 spiro atoms. The zero-order chi connectivity index (χ0) is 23.8. The smallest absolute Gasteiger partial charge is 0.265 e. The van der Waals surface area contributed by atoms with Gasteiger partial charge in [-0.2, -0.15) is 0 Å². The predicted octanol–water partition coefficient (Wildman–Crippen LogP) is 5.09. The zero-order valence-corrected chi connectivity index (χ0v) is 20.2. The van der Waals surface area contributed by atoms with Gasteiger partial charge in [0.15, 0.2) is 0 Å². The Morgan fingerprint density at radius 2 is 1.76 bits per heavy atom. The van der Waals surface area contributed by atoms with Gasteiger partial charge in [-0.15, -0.1) is 11.3 Å². The molecule has 34 heavy (non-hydrogen) atoms. The van der Waals surface area contributed by atoms with Crippen LogP contribution in [0.4, 0.5) is 10.2 Å². The van der Waals surface area contributed by atoms with Crippen LogP contribution in [0.25, 0.3) is 21.5 Å². The Bertz CT molecular complexity index is 1360. The molecule has 1 fully saturated rings.